The fourth-order valence-electron chi connectivity index (χ4n) is 2.05. The lowest BCUT2D eigenvalue weighted by Gasteiger charge is -2.12. The third kappa shape index (κ3) is 5.39. The van der Waals surface area contributed by atoms with Crippen molar-refractivity contribution in [1.29, 1.82) is 0 Å². The molecule has 0 aliphatic heterocycles. The Bertz CT molecular complexity index is 698. The van der Waals surface area contributed by atoms with Gasteiger partial charge < -0.3 is 9.84 Å². The number of carbonyl (C=O) groups is 2. The van der Waals surface area contributed by atoms with Gasteiger partial charge in [-0.25, -0.2) is 0 Å². The zero-order valence-electron chi connectivity index (χ0n) is 13.1. The van der Waals surface area contributed by atoms with Gasteiger partial charge in [-0.1, -0.05) is 15.9 Å². The highest BCUT2D eigenvalue weighted by atomic mass is 79.9. The average Bonchev–Trinajstić information content (AvgIpc) is 2.57. The van der Waals surface area contributed by atoms with Crippen LogP contribution in [-0.2, 0) is 4.79 Å². The van der Waals surface area contributed by atoms with Crippen LogP contribution in [0.4, 0.5) is 0 Å². The average molecular weight is 409 g/mol. The SMILES string of the molecule is CCOc1ccc(C(=O)C[C@H](Sc2ccc(Br)cc2)C(=O)O)cc1. The predicted octanol–water partition coefficient (Wildman–Crippen LogP) is 4.67. The molecule has 2 aromatic carbocycles. The van der Waals surface area contributed by atoms with Crippen LogP contribution < -0.4 is 4.74 Å². The van der Waals surface area contributed by atoms with Crippen molar-refractivity contribution in [2.45, 2.75) is 23.5 Å². The molecule has 126 valence electrons. The van der Waals surface area contributed by atoms with Gasteiger partial charge in [0.2, 0.25) is 0 Å². The number of Topliss-reactive ketones (excluding diaryl/α,β-unsaturated/α-hetero) is 1. The minimum Gasteiger partial charge on any atom is -0.494 e. The van der Waals surface area contributed by atoms with Gasteiger partial charge in [-0.15, -0.1) is 11.8 Å². The lowest BCUT2D eigenvalue weighted by atomic mass is 10.1. The highest BCUT2D eigenvalue weighted by Crippen LogP contribution is 2.28. The van der Waals surface area contributed by atoms with Gasteiger partial charge in [0.1, 0.15) is 11.0 Å². The number of thioether (sulfide) groups is 1. The number of halogens is 1. The predicted molar refractivity (Wildman–Crippen MR) is 98.0 cm³/mol. The van der Waals surface area contributed by atoms with E-state index in [1.54, 1.807) is 24.3 Å². The Morgan fingerprint density at radius 1 is 1.12 bits per heavy atom. The number of hydrogen-bond acceptors (Lipinski definition) is 4. The van der Waals surface area contributed by atoms with Crippen molar-refractivity contribution in [3.63, 3.8) is 0 Å². The Balaban J connectivity index is 2.05. The molecule has 0 aliphatic carbocycles. The summed E-state index contributed by atoms with van der Waals surface area (Å²) in [6.07, 6.45) is -0.0654. The zero-order valence-corrected chi connectivity index (χ0v) is 15.5. The summed E-state index contributed by atoms with van der Waals surface area (Å²) in [5.41, 5.74) is 0.487. The van der Waals surface area contributed by atoms with Crippen molar-refractivity contribution >= 4 is 39.4 Å². The maximum absolute atomic E-state index is 12.3. The van der Waals surface area contributed by atoms with Crippen molar-refractivity contribution in [3.8, 4) is 5.75 Å². The van der Waals surface area contributed by atoms with Gasteiger partial charge in [0.05, 0.1) is 6.61 Å². The summed E-state index contributed by atoms with van der Waals surface area (Å²) in [5.74, 6) is -0.509. The molecule has 2 rings (SSSR count). The maximum Gasteiger partial charge on any atom is 0.317 e. The summed E-state index contributed by atoms with van der Waals surface area (Å²) in [4.78, 5) is 24.6. The molecule has 0 spiro atoms. The highest BCUT2D eigenvalue weighted by Gasteiger charge is 2.23. The van der Waals surface area contributed by atoms with Crippen LogP contribution >= 0.6 is 27.7 Å². The second-order valence-electron chi connectivity index (χ2n) is 4.98. The molecule has 0 aliphatic rings. The Morgan fingerprint density at radius 2 is 1.75 bits per heavy atom. The molecule has 0 unspecified atom stereocenters. The first kappa shape index (κ1) is 18.5. The minimum atomic E-state index is -0.998. The van der Waals surface area contributed by atoms with E-state index in [-0.39, 0.29) is 12.2 Å². The molecule has 0 fully saturated rings. The zero-order chi connectivity index (χ0) is 17.5. The van der Waals surface area contributed by atoms with Crippen molar-refractivity contribution in [3.05, 3.63) is 58.6 Å². The van der Waals surface area contributed by atoms with Gasteiger partial charge >= 0.3 is 5.97 Å². The van der Waals surface area contributed by atoms with Crippen molar-refractivity contribution in [2.75, 3.05) is 6.61 Å². The van der Waals surface area contributed by atoms with E-state index in [1.807, 2.05) is 31.2 Å². The summed E-state index contributed by atoms with van der Waals surface area (Å²) in [5, 5.41) is 8.57. The van der Waals surface area contributed by atoms with Crippen LogP contribution in [0.15, 0.2) is 57.9 Å². The van der Waals surface area contributed by atoms with E-state index < -0.39 is 11.2 Å². The molecule has 0 amide bonds. The summed E-state index contributed by atoms with van der Waals surface area (Å²) in [6.45, 7) is 2.44. The van der Waals surface area contributed by atoms with E-state index in [9.17, 15) is 14.7 Å². The van der Waals surface area contributed by atoms with Crippen LogP contribution in [0, 0.1) is 0 Å². The summed E-state index contributed by atoms with van der Waals surface area (Å²) < 4.78 is 6.26. The lowest BCUT2D eigenvalue weighted by molar-refractivity contribution is -0.136. The molecule has 0 radical (unpaired) electrons. The highest BCUT2D eigenvalue weighted by molar-refractivity contribution is 9.10. The number of benzene rings is 2. The molecule has 1 atom stereocenters. The Labute approximate surface area is 153 Å². The number of aliphatic carboxylic acids is 1. The lowest BCUT2D eigenvalue weighted by Crippen LogP contribution is -2.20. The quantitative estimate of drug-likeness (QED) is 0.507. The molecule has 2 aromatic rings. The Hall–Kier alpha value is -1.79. The molecule has 0 saturated carbocycles. The standard InChI is InChI=1S/C18H17BrO4S/c1-2-23-14-7-3-12(4-8-14)16(20)11-17(18(21)22)24-15-9-5-13(19)6-10-15/h3-10,17H,2,11H2,1H3,(H,21,22)/t17-/m0/s1. The molecule has 0 saturated heterocycles. The van der Waals surface area contributed by atoms with E-state index in [0.717, 1.165) is 9.37 Å². The number of hydrogen-bond donors (Lipinski definition) is 1. The number of carboxylic acids is 1. The van der Waals surface area contributed by atoms with E-state index in [1.165, 1.54) is 11.8 Å². The number of rotatable bonds is 8. The van der Waals surface area contributed by atoms with E-state index in [4.69, 9.17) is 4.74 Å². The normalized spacial score (nSPS) is 11.8. The van der Waals surface area contributed by atoms with Crippen LogP contribution in [0.2, 0.25) is 0 Å². The van der Waals surface area contributed by atoms with Crippen LogP contribution in [-0.4, -0.2) is 28.7 Å². The van der Waals surface area contributed by atoms with Crippen molar-refractivity contribution in [2.24, 2.45) is 0 Å². The van der Waals surface area contributed by atoms with Crippen LogP contribution in [0.1, 0.15) is 23.7 Å². The number of carbonyl (C=O) groups excluding carboxylic acids is 1. The van der Waals surface area contributed by atoms with Gasteiger partial charge in [0.25, 0.3) is 0 Å². The molecule has 4 nitrogen and oxygen atoms in total. The first-order valence-electron chi connectivity index (χ1n) is 7.40. The minimum absolute atomic E-state index is 0.0654. The third-order valence-corrected chi connectivity index (χ3v) is 4.95. The second-order valence-corrected chi connectivity index (χ2v) is 7.18. The third-order valence-electron chi connectivity index (χ3n) is 3.23. The van der Waals surface area contributed by atoms with E-state index in [2.05, 4.69) is 15.9 Å². The number of ketones is 1. The molecular formula is C18H17BrO4S. The maximum atomic E-state index is 12.3. The summed E-state index contributed by atoms with van der Waals surface area (Å²) in [7, 11) is 0. The van der Waals surface area contributed by atoms with Gasteiger partial charge in [0, 0.05) is 21.4 Å². The smallest absolute Gasteiger partial charge is 0.317 e. The van der Waals surface area contributed by atoms with Gasteiger partial charge in [-0.2, -0.15) is 0 Å². The molecule has 0 bridgehead atoms. The fraction of sp³-hybridized carbons (Fsp3) is 0.222. The second kappa shape index (κ2) is 8.89. The topological polar surface area (TPSA) is 63.6 Å². The largest absolute Gasteiger partial charge is 0.494 e. The van der Waals surface area contributed by atoms with Gasteiger partial charge in [-0.05, 0) is 55.5 Å². The van der Waals surface area contributed by atoms with Crippen molar-refractivity contribution < 1.29 is 19.4 Å². The Morgan fingerprint density at radius 3 is 2.29 bits per heavy atom. The first-order chi connectivity index (χ1) is 11.5. The molecular weight excluding hydrogens is 392 g/mol. The number of carboxylic acid groups (broad SMARTS) is 1. The molecule has 24 heavy (non-hydrogen) atoms. The van der Waals surface area contributed by atoms with E-state index in [0.29, 0.717) is 17.9 Å². The van der Waals surface area contributed by atoms with E-state index >= 15 is 0 Å². The monoisotopic (exact) mass is 408 g/mol. The molecule has 6 heteroatoms. The molecule has 0 heterocycles. The summed E-state index contributed by atoms with van der Waals surface area (Å²) in [6, 6.07) is 14.1. The fourth-order valence-corrected chi connectivity index (χ4v) is 3.27. The van der Waals surface area contributed by atoms with Crippen LogP contribution in [0.3, 0.4) is 0 Å². The number of ether oxygens (including phenoxy) is 1. The molecule has 1 N–H and O–H groups in total. The van der Waals surface area contributed by atoms with Crippen LogP contribution in [0.5, 0.6) is 5.75 Å². The summed E-state index contributed by atoms with van der Waals surface area (Å²) >= 11 is 4.51. The van der Waals surface area contributed by atoms with Crippen LogP contribution in [0.25, 0.3) is 0 Å². The van der Waals surface area contributed by atoms with Crippen molar-refractivity contribution in [1.82, 2.24) is 0 Å². The Kier molecular flexibility index (Phi) is 6.87. The first-order valence-corrected chi connectivity index (χ1v) is 9.08. The van der Waals surface area contributed by atoms with Gasteiger partial charge in [-0.3, -0.25) is 9.59 Å². The van der Waals surface area contributed by atoms with Gasteiger partial charge in [0.15, 0.2) is 5.78 Å². The molecule has 0 aromatic heterocycles.